The fourth-order valence-electron chi connectivity index (χ4n) is 1.15. The highest BCUT2D eigenvalue weighted by atomic mass is 32.1. The van der Waals surface area contributed by atoms with Gasteiger partial charge in [-0.05, 0) is 48.5 Å². The second-order valence-electron chi connectivity index (χ2n) is 3.27. The molecule has 15 heavy (non-hydrogen) atoms. The number of carbonyl (C=O) groups is 1. The molecule has 5 heteroatoms. The fourth-order valence-corrected chi connectivity index (χ4v) is 2.60. The molecule has 0 radical (unpaired) electrons. The lowest BCUT2D eigenvalue weighted by Crippen LogP contribution is -2.08. The SMILES string of the molecule is Cc1csc(C(=O)Nc2cc(C)ns2)c1. The van der Waals surface area contributed by atoms with Gasteiger partial charge in [-0.1, -0.05) is 0 Å². The van der Waals surface area contributed by atoms with Crippen LogP contribution < -0.4 is 5.32 Å². The van der Waals surface area contributed by atoms with Gasteiger partial charge in [-0.15, -0.1) is 11.3 Å². The van der Waals surface area contributed by atoms with Crippen LogP contribution in [0.5, 0.6) is 0 Å². The van der Waals surface area contributed by atoms with Crippen LogP contribution in [0.2, 0.25) is 0 Å². The molecule has 2 heterocycles. The molecule has 1 amide bonds. The highest BCUT2D eigenvalue weighted by Crippen LogP contribution is 2.19. The molecule has 0 unspecified atom stereocenters. The maximum Gasteiger partial charge on any atom is 0.266 e. The Morgan fingerprint density at radius 3 is 2.73 bits per heavy atom. The van der Waals surface area contributed by atoms with Gasteiger partial charge in [0, 0.05) is 0 Å². The first-order valence-corrected chi connectivity index (χ1v) is 6.10. The van der Waals surface area contributed by atoms with E-state index in [1.54, 1.807) is 0 Å². The van der Waals surface area contributed by atoms with Crippen LogP contribution in [0.4, 0.5) is 5.00 Å². The van der Waals surface area contributed by atoms with Gasteiger partial charge in [0.05, 0.1) is 10.6 Å². The second kappa shape index (κ2) is 4.12. The summed E-state index contributed by atoms with van der Waals surface area (Å²) < 4.78 is 4.10. The Bertz CT molecular complexity index is 487. The number of nitrogens with zero attached hydrogens (tertiary/aromatic N) is 1. The van der Waals surface area contributed by atoms with E-state index >= 15 is 0 Å². The number of rotatable bonds is 2. The quantitative estimate of drug-likeness (QED) is 0.873. The summed E-state index contributed by atoms with van der Waals surface area (Å²) >= 11 is 2.76. The van der Waals surface area contributed by atoms with Gasteiger partial charge in [0.2, 0.25) is 0 Å². The maximum absolute atomic E-state index is 11.7. The number of aryl methyl sites for hydroxylation is 2. The molecule has 2 aromatic rings. The highest BCUT2D eigenvalue weighted by Gasteiger charge is 2.09. The van der Waals surface area contributed by atoms with Gasteiger partial charge in [0.1, 0.15) is 5.00 Å². The van der Waals surface area contributed by atoms with Crippen molar-refractivity contribution in [3.8, 4) is 0 Å². The molecule has 0 saturated heterocycles. The highest BCUT2D eigenvalue weighted by molar-refractivity contribution is 7.13. The van der Waals surface area contributed by atoms with E-state index in [0.717, 1.165) is 21.1 Å². The Kier molecular flexibility index (Phi) is 2.83. The lowest BCUT2D eigenvalue weighted by Gasteiger charge is -1.97. The van der Waals surface area contributed by atoms with Crippen molar-refractivity contribution in [3.05, 3.63) is 33.6 Å². The molecule has 0 aliphatic rings. The van der Waals surface area contributed by atoms with Gasteiger partial charge in [0.15, 0.2) is 0 Å². The van der Waals surface area contributed by atoms with E-state index in [9.17, 15) is 4.79 Å². The first-order chi connectivity index (χ1) is 7.15. The molecule has 0 aliphatic carbocycles. The summed E-state index contributed by atoms with van der Waals surface area (Å²) in [4.78, 5) is 12.4. The van der Waals surface area contributed by atoms with Gasteiger partial charge in [-0.2, -0.15) is 4.37 Å². The van der Waals surface area contributed by atoms with Crippen LogP contribution >= 0.6 is 22.9 Å². The number of hydrogen-bond donors (Lipinski definition) is 1. The first-order valence-electron chi connectivity index (χ1n) is 4.45. The number of nitrogens with one attached hydrogen (secondary N) is 1. The third-order valence-electron chi connectivity index (χ3n) is 1.82. The Morgan fingerprint density at radius 1 is 1.40 bits per heavy atom. The average molecular weight is 238 g/mol. The summed E-state index contributed by atoms with van der Waals surface area (Å²) in [5.41, 5.74) is 2.04. The third kappa shape index (κ3) is 2.43. The van der Waals surface area contributed by atoms with Gasteiger partial charge in [-0.25, -0.2) is 0 Å². The van der Waals surface area contributed by atoms with Gasteiger partial charge in [0.25, 0.3) is 5.91 Å². The molecule has 3 nitrogen and oxygen atoms in total. The van der Waals surface area contributed by atoms with Crippen molar-refractivity contribution in [1.82, 2.24) is 4.37 Å². The Balaban J connectivity index is 2.10. The van der Waals surface area contributed by atoms with Crippen molar-refractivity contribution in [2.24, 2.45) is 0 Å². The lowest BCUT2D eigenvalue weighted by atomic mass is 10.3. The molecule has 0 aromatic carbocycles. The van der Waals surface area contributed by atoms with Gasteiger partial charge >= 0.3 is 0 Å². The van der Waals surface area contributed by atoms with E-state index in [-0.39, 0.29) is 5.91 Å². The molecule has 78 valence electrons. The standard InChI is InChI=1S/C10H10N2OS2/c1-6-3-8(14-5-6)10(13)11-9-4-7(2)12-15-9/h3-5H,1-2H3,(H,11,13). The van der Waals surface area contributed by atoms with Crippen LogP contribution in [0.25, 0.3) is 0 Å². The molecule has 0 atom stereocenters. The molecule has 0 spiro atoms. The number of hydrogen-bond acceptors (Lipinski definition) is 4. The molecule has 0 aliphatic heterocycles. The van der Waals surface area contributed by atoms with E-state index in [4.69, 9.17) is 0 Å². The van der Waals surface area contributed by atoms with Crippen molar-refractivity contribution in [3.63, 3.8) is 0 Å². The fraction of sp³-hybridized carbons (Fsp3) is 0.200. The van der Waals surface area contributed by atoms with E-state index in [0.29, 0.717) is 0 Å². The topological polar surface area (TPSA) is 42.0 Å². The van der Waals surface area contributed by atoms with Crippen molar-refractivity contribution in [1.29, 1.82) is 0 Å². The van der Waals surface area contributed by atoms with Crippen LogP contribution in [0.3, 0.4) is 0 Å². The summed E-state index contributed by atoms with van der Waals surface area (Å²) in [6, 6.07) is 3.75. The minimum absolute atomic E-state index is 0.0586. The number of thiophene rings is 1. The minimum Gasteiger partial charge on any atom is -0.312 e. The van der Waals surface area contributed by atoms with Gasteiger partial charge in [-0.3, -0.25) is 4.79 Å². The Hall–Kier alpha value is -1.20. The van der Waals surface area contributed by atoms with Gasteiger partial charge < -0.3 is 5.32 Å². The molecule has 0 saturated carbocycles. The number of aromatic nitrogens is 1. The van der Waals surface area contributed by atoms with E-state index in [1.807, 2.05) is 31.4 Å². The molecule has 0 bridgehead atoms. The van der Waals surface area contributed by atoms with Crippen LogP contribution in [0.1, 0.15) is 20.9 Å². The summed E-state index contributed by atoms with van der Waals surface area (Å²) in [6.45, 7) is 3.88. The lowest BCUT2D eigenvalue weighted by molar-refractivity contribution is 0.103. The van der Waals surface area contributed by atoms with Crippen molar-refractivity contribution in [2.45, 2.75) is 13.8 Å². The molecular weight excluding hydrogens is 228 g/mol. The monoisotopic (exact) mass is 238 g/mol. The zero-order valence-corrected chi connectivity index (χ0v) is 10.0. The molecule has 2 aromatic heterocycles. The van der Waals surface area contributed by atoms with Crippen LogP contribution in [0, 0.1) is 13.8 Å². The van der Waals surface area contributed by atoms with E-state index < -0.39 is 0 Å². The van der Waals surface area contributed by atoms with E-state index in [1.165, 1.54) is 22.9 Å². The first kappa shape index (κ1) is 10.3. The van der Waals surface area contributed by atoms with Crippen molar-refractivity contribution in [2.75, 3.05) is 5.32 Å². The normalized spacial score (nSPS) is 10.3. The van der Waals surface area contributed by atoms with E-state index in [2.05, 4.69) is 9.69 Å². The predicted octanol–water partition coefficient (Wildman–Crippen LogP) is 3.07. The summed E-state index contributed by atoms with van der Waals surface area (Å²) in [5, 5.41) is 5.58. The number of amides is 1. The zero-order valence-electron chi connectivity index (χ0n) is 8.40. The zero-order chi connectivity index (χ0) is 10.8. The average Bonchev–Trinajstić information content (AvgIpc) is 2.75. The largest absolute Gasteiger partial charge is 0.312 e. The molecule has 1 N–H and O–H groups in total. The molecule has 2 rings (SSSR count). The predicted molar refractivity (Wildman–Crippen MR) is 63.9 cm³/mol. The Morgan fingerprint density at radius 2 is 2.20 bits per heavy atom. The smallest absolute Gasteiger partial charge is 0.266 e. The maximum atomic E-state index is 11.7. The van der Waals surface area contributed by atoms with Crippen LogP contribution in [0.15, 0.2) is 17.5 Å². The summed E-state index contributed by atoms with van der Waals surface area (Å²) in [6.07, 6.45) is 0. The van der Waals surface area contributed by atoms with Crippen molar-refractivity contribution < 1.29 is 4.79 Å². The number of anilines is 1. The number of carbonyl (C=O) groups excluding carboxylic acids is 1. The minimum atomic E-state index is -0.0586. The van der Waals surface area contributed by atoms with Crippen molar-refractivity contribution >= 4 is 33.8 Å². The third-order valence-corrected chi connectivity index (χ3v) is 3.66. The Labute approximate surface area is 95.9 Å². The second-order valence-corrected chi connectivity index (χ2v) is 4.99. The molecule has 0 fully saturated rings. The van der Waals surface area contributed by atoms with Crippen LogP contribution in [-0.4, -0.2) is 10.3 Å². The van der Waals surface area contributed by atoms with Crippen LogP contribution in [-0.2, 0) is 0 Å². The summed E-state index contributed by atoms with van der Waals surface area (Å²) in [5.74, 6) is -0.0586. The summed E-state index contributed by atoms with van der Waals surface area (Å²) in [7, 11) is 0. The molecular formula is C10H10N2OS2.